The minimum Gasteiger partial charge on any atom is -0.348 e. The van der Waals surface area contributed by atoms with Gasteiger partial charge in [0.1, 0.15) is 0 Å². The Bertz CT molecular complexity index is 851. The van der Waals surface area contributed by atoms with Crippen LogP contribution in [0.4, 0.5) is 5.69 Å². The predicted octanol–water partition coefficient (Wildman–Crippen LogP) is 1.72. The number of amides is 1. The Morgan fingerprint density at radius 2 is 2.17 bits per heavy atom. The van der Waals surface area contributed by atoms with Gasteiger partial charge in [-0.15, -0.1) is 0 Å². The lowest BCUT2D eigenvalue weighted by atomic mass is 10.0. The van der Waals surface area contributed by atoms with Crippen molar-refractivity contribution in [1.29, 1.82) is 0 Å². The van der Waals surface area contributed by atoms with E-state index in [2.05, 4.69) is 10.3 Å². The molecule has 0 spiro atoms. The van der Waals surface area contributed by atoms with E-state index in [0.29, 0.717) is 24.3 Å². The number of fused-ring (bicyclic) bond motifs is 1. The van der Waals surface area contributed by atoms with Crippen molar-refractivity contribution in [2.75, 3.05) is 17.1 Å². The normalized spacial score (nSPS) is 14.1. The molecule has 1 aromatic carbocycles. The maximum Gasteiger partial charge on any atom is 0.251 e. The fourth-order valence-electron chi connectivity index (χ4n) is 2.84. The van der Waals surface area contributed by atoms with E-state index in [4.69, 9.17) is 0 Å². The van der Waals surface area contributed by atoms with Crippen molar-refractivity contribution in [2.45, 2.75) is 19.4 Å². The predicted molar refractivity (Wildman–Crippen MR) is 92.4 cm³/mol. The standard InChI is InChI=1S/C17H19N3O3S/c1-24(22,23)20-9-3-5-14-10-15(6-7-16(14)20)17(21)19-12-13-4-2-8-18-11-13/h2,4,6-8,10-11H,3,5,9,12H2,1H3,(H,19,21). The van der Waals surface area contributed by atoms with Gasteiger partial charge in [-0.25, -0.2) is 8.42 Å². The fourth-order valence-corrected chi connectivity index (χ4v) is 3.83. The Balaban J connectivity index is 1.77. The number of pyridine rings is 1. The van der Waals surface area contributed by atoms with E-state index in [1.807, 2.05) is 12.1 Å². The molecule has 0 saturated heterocycles. The molecule has 0 bridgehead atoms. The number of hydrogen-bond acceptors (Lipinski definition) is 4. The molecule has 1 aliphatic rings. The molecule has 0 atom stereocenters. The van der Waals surface area contributed by atoms with Crippen LogP contribution in [0.15, 0.2) is 42.7 Å². The third-order valence-corrected chi connectivity index (χ3v) is 5.17. The molecule has 126 valence electrons. The van der Waals surface area contributed by atoms with E-state index >= 15 is 0 Å². The van der Waals surface area contributed by atoms with E-state index < -0.39 is 10.0 Å². The smallest absolute Gasteiger partial charge is 0.251 e. The summed E-state index contributed by atoms with van der Waals surface area (Å²) >= 11 is 0. The number of rotatable bonds is 4. The Hall–Kier alpha value is -2.41. The van der Waals surface area contributed by atoms with E-state index in [1.165, 1.54) is 10.6 Å². The molecule has 1 aliphatic heterocycles. The van der Waals surface area contributed by atoms with Crippen molar-refractivity contribution in [3.63, 3.8) is 0 Å². The Morgan fingerprint density at radius 3 is 2.88 bits per heavy atom. The van der Waals surface area contributed by atoms with Crippen LogP contribution < -0.4 is 9.62 Å². The van der Waals surface area contributed by atoms with Gasteiger partial charge in [-0.2, -0.15) is 0 Å². The lowest BCUT2D eigenvalue weighted by Crippen LogP contribution is -2.34. The van der Waals surface area contributed by atoms with E-state index in [0.717, 1.165) is 24.0 Å². The van der Waals surface area contributed by atoms with Crippen LogP contribution in [0.1, 0.15) is 27.9 Å². The number of hydrogen-bond donors (Lipinski definition) is 1. The third kappa shape index (κ3) is 3.56. The molecule has 7 heteroatoms. The summed E-state index contributed by atoms with van der Waals surface area (Å²) in [6.45, 7) is 0.887. The summed E-state index contributed by atoms with van der Waals surface area (Å²) < 4.78 is 25.1. The number of sulfonamides is 1. The molecule has 0 unspecified atom stereocenters. The molecule has 6 nitrogen and oxygen atoms in total. The van der Waals surface area contributed by atoms with Gasteiger partial charge in [-0.1, -0.05) is 6.07 Å². The number of aromatic nitrogens is 1. The quantitative estimate of drug-likeness (QED) is 0.915. The maximum absolute atomic E-state index is 12.3. The van der Waals surface area contributed by atoms with Crippen LogP contribution in [0.5, 0.6) is 0 Å². The van der Waals surface area contributed by atoms with Crippen molar-refractivity contribution in [3.05, 3.63) is 59.4 Å². The molecule has 1 amide bonds. The summed E-state index contributed by atoms with van der Waals surface area (Å²) in [5.74, 6) is -0.182. The molecular weight excluding hydrogens is 326 g/mol. The molecule has 2 heterocycles. The summed E-state index contributed by atoms with van der Waals surface area (Å²) in [6, 6.07) is 8.88. The molecule has 0 fully saturated rings. The average molecular weight is 345 g/mol. The SMILES string of the molecule is CS(=O)(=O)N1CCCc2cc(C(=O)NCc3cccnc3)ccc21. The van der Waals surface area contributed by atoms with Gasteiger partial charge in [-0.05, 0) is 48.2 Å². The van der Waals surface area contributed by atoms with Crippen LogP contribution in [0.2, 0.25) is 0 Å². The summed E-state index contributed by atoms with van der Waals surface area (Å²) in [5, 5.41) is 2.85. The van der Waals surface area contributed by atoms with Gasteiger partial charge in [-0.3, -0.25) is 14.1 Å². The van der Waals surface area contributed by atoms with Crippen molar-refractivity contribution in [2.24, 2.45) is 0 Å². The highest BCUT2D eigenvalue weighted by Crippen LogP contribution is 2.29. The van der Waals surface area contributed by atoms with Gasteiger partial charge in [0.05, 0.1) is 11.9 Å². The number of anilines is 1. The van der Waals surface area contributed by atoms with Crippen molar-refractivity contribution >= 4 is 21.6 Å². The Morgan fingerprint density at radius 1 is 1.33 bits per heavy atom. The van der Waals surface area contributed by atoms with Gasteiger partial charge in [0, 0.05) is 31.0 Å². The van der Waals surface area contributed by atoms with Crippen molar-refractivity contribution in [3.8, 4) is 0 Å². The van der Waals surface area contributed by atoms with E-state index in [-0.39, 0.29) is 5.91 Å². The summed E-state index contributed by atoms with van der Waals surface area (Å²) in [6.07, 6.45) is 6.11. The number of carbonyl (C=O) groups excluding carboxylic acids is 1. The van der Waals surface area contributed by atoms with Crippen LogP contribution in [-0.4, -0.2) is 32.1 Å². The van der Waals surface area contributed by atoms with Crippen molar-refractivity contribution < 1.29 is 13.2 Å². The number of benzene rings is 1. The third-order valence-electron chi connectivity index (χ3n) is 3.99. The molecule has 1 N–H and O–H groups in total. The minimum atomic E-state index is -3.29. The van der Waals surface area contributed by atoms with E-state index in [1.54, 1.807) is 30.6 Å². The zero-order valence-electron chi connectivity index (χ0n) is 13.4. The molecular formula is C17H19N3O3S. The lowest BCUT2D eigenvalue weighted by molar-refractivity contribution is 0.0951. The van der Waals surface area contributed by atoms with Gasteiger partial charge in [0.2, 0.25) is 10.0 Å². The fraction of sp³-hybridized carbons (Fsp3) is 0.294. The van der Waals surface area contributed by atoms with Gasteiger partial charge >= 0.3 is 0 Å². The van der Waals surface area contributed by atoms with Crippen LogP contribution in [0.3, 0.4) is 0 Å². The molecule has 3 rings (SSSR count). The number of aryl methyl sites for hydroxylation is 1. The highest BCUT2D eigenvalue weighted by atomic mass is 32.2. The first kappa shape index (κ1) is 16.4. The average Bonchev–Trinajstić information content (AvgIpc) is 2.58. The second kappa shape index (κ2) is 6.60. The first-order valence-corrected chi connectivity index (χ1v) is 9.58. The highest BCUT2D eigenvalue weighted by Gasteiger charge is 2.24. The lowest BCUT2D eigenvalue weighted by Gasteiger charge is -2.29. The molecule has 24 heavy (non-hydrogen) atoms. The zero-order valence-corrected chi connectivity index (χ0v) is 14.2. The minimum absolute atomic E-state index is 0.182. The summed E-state index contributed by atoms with van der Waals surface area (Å²) in [7, 11) is -3.29. The second-order valence-electron chi connectivity index (χ2n) is 5.83. The molecule has 1 aromatic heterocycles. The Kier molecular flexibility index (Phi) is 4.53. The molecule has 0 saturated carbocycles. The number of carbonyl (C=O) groups is 1. The van der Waals surface area contributed by atoms with Crippen LogP contribution in [0, 0.1) is 0 Å². The van der Waals surface area contributed by atoms with Crippen LogP contribution in [-0.2, 0) is 23.0 Å². The van der Waals surface area contributed by atoms with E-state index in [9.17, 15) is 13.2 Å². The molecule has 0 aliphatic carbocycles. The summed E-state index contributed by atoms with van der Waals surface area (Å²) in [4.78, 5) is 16.3. The molecule has 0 radical (unpaired) electrons. The first-order valence-electron chi connectivity index (χ1n) is 7.73. The first-order chi connectivity index (χ1) is 11.4. The maximum atomic E-state index is 12.3. The number of nitrogens with one attached hydrogen (secondary N) is 1. The van der Waals surface area contributed by atoms with Crippen LogP contribution >= 0.6 is 0 Å². The highest BCUT2D eigenvalue weighted by molar-refractivity contribution is 7.92. The zero-order chi connectivity index (χ0) is 17.2. The van der Waals surface area contributed by atoms with Crippen molar-refractivity contribution in [1.82, 2.24) is 10.3 Å². The summed E-state index contributed by atoms with van der Waals surface area (Å²) in [5.41, 5.74) is 3.02. The topological polar surface area (TPSA) is 79.4 Å². The second-order valence-corrected chi connectivity index (χ2v) is 7.73. The monoisotopic (exact) mass is 345 g/mol. The van der Waals surface area contributed by atoms with Gasteiger partial charge in [0.25, 0.3) is 5.91 Å². The molecule has 2 aromatic rings. The van der Waals surface area contributed by atoms with Gasteiger partial charge in [0.15, 0.2) is 0 Å². The van der Waals surface area contributed by atoms with Crippen LogP contribution in [0.25, 0.3) is 0 Å². The Labute approximate surface area is 141 Å². The largest absolute Gasteiger partial charge is 0.348 e. The number of nitrogens with zero attached hydrogens (tertiary/aromatic N) is 2. The van der Waals surface area contributed by atoms with Gasteiger partial charge < -0.3 is 5.32 Å².